The van der Waals surface area contributed by atoms with Gasteiger partial charge in [0.05, 0.1) is 11.3 Å². The maximum absolute atomic E-state index is 12.1. The van der Waals surface area contributed by atoms with E-state index in [-0.39, 0.29) is 16.2 Å². The molecule has 2 aromatic carbocycles. The average molecular weight is 409 g/mol. The van der Waals surface area contributed by atoms with Crippen LogP contribution in [0.2, 0.25) is 0 Å². The lowest BCUT2D eigenvalue weighted by Gasteiger charge is -2.17. The molecule has 0 radical (unpaired) electrons. The standard InChI is InChI=1S/C18H20N2O5S2/c1-2-3-9-20-15-10-13(18(21)24-12-26)11-16(27(19,22)23)17(15)25-14-7-5-4-6-8-14/h4-8,10-12,20H,2-3,9H2,1H3,(H2,19,22,23). The van der Waals surface area contributed by atoms with Crippen molar-refractivity contribution in [3.8, 4) is 11.5 Å². The highest BCUT2D eigenvalue weighted by atomic mass is 32.2. The van der Waals surface area contributed by atoms with Crippen molar-refractivity contribution in [3.63, 3.8) is 0 Å². The van der Waals surface area contributed by atoms with Crippen LogP contribution < -0.4 is 15.2 Å². The minimum Gasteiger partial charge on any atom is -0.454 e. The van der Waals surface area contributed by atoms with E-state index in [4.69, 9.17) is 9.88 Å². The number of nitrogens with two attached hydrogens (primary N) is 1. The lowest BCUT2D eigenvalue weighted by Crippen LogP contribution is -2.16. The molecule has 9 heteroatoms. The molecule has 27 heavy (non-hydrogen) atoms. The lowest BCUT2D eigenvalue weighted by atomic mass is 10.1. The number of sulfonamides is 1. The van der Waals surface area contributed by atoms with Crippen molar-refractivity contribution in [1.82, 2.24) is 0 Å². The Kier molecular flexibility index (Phi) is 7.28. The molecular formula is C18H20N2O5S2. The van der Waals surface area contributed by atoms with E-state index in [9.17, 15) is 13.2 Å². The number of nitrogens with one attached hydrogen (secondary N) is 1. The van der Waals surface area contributed by atoms with E-state index < -0.39 is 16.0 Å². The van der Waals surface area contributed by atoms with Crippen molar-refractivity contribution in [2.75, 3.05) is 11.9 Å². The summed E-state index contributed by atoms with van der Waals surface area (Å²) in [6.45, 7) is 2.57. The predicted molar refractivity (Wildman–Crippen MR) is 107 cm³/mol. The van der Waals surface area contributed by atoms with Crippen LogP contribution in [0, 0.1) is 0 Å². The average Bonchev–Trinajstić information content (AvgIpc) is 2.63. The largest absolute Gasteiger partial charge is 0.454 e. The number of unbranched alkanes of at least 4 members (excludes halogenated alkanes) is 1. The Morgan fingerprint density at radius 3 is 2.56 bits per heavy atom. The molecule has 3 N–H and O–H groups in total. The second-order valence-electron chi connectivity index (χ2n) is 5.59. The molecule has 0 bridgehead atoms. The van der Waals surface area contributed by atoms with E-state index in [1.165, 1.54) is 6.07 Å². The molecule has 144 valence electrons. The molecule has 0 amide bonds. The van der Waals surface area contributed by atoms with Gasteiger partial charge < -0.3 is 14.8 Å². The number of ether oxygens (including phenoxy) is 2. The molecule has 0 spiro atoms. The Labute approximate surface area is 163 Å². The van der Waals surface area contributed by atoms with Gasteiger partial charge in [-0.15, -0.1) is 0 Å². The van der Waals surface area contributed by atoms with Crippen LogP contribution in [0.3, 0.4) is 0 Å². The number of primary sulfonamides is 1. The third kappa shape index (κ3) is 5.75. The second-order valence-corrected chi connectivity index (χ2v) is 7.32. The minimum absolute atomic E-state index is 0.0127. The summed E-state index contributed by atoms with van der Waals surface area (Å²) in [6, 6.07) is 11.2. The summed E-state index contributed by atoms with van der Waals surface area (Å²) in [6.07, 6.45) is 1.76. The quantitative estimate of drug-likeness (QED) is 0.372. The summed E-state index contributed by atoms with van der Waals surface area (Å²) in [5, 5.41) is 8.46. The molecule has 2 rings (SSSR count). The third-order valence-electron chi connectivity index (χ3n) is 3.56. The lowest BCUT2D eigenvalue weighted by molar-refractivity contribution is 0.0732. The molecule has 0 unspecified atom stereocenters. The summed E-state index contributed by atoms with van der Waals surface area (Å²) in [4.78, 5) is 11.7. The van der Waals surface area contributed by atoms with Crippen LogP contribution in [0.1, 0.15) is 30.1 Å². The van der Waals surface area contributed by atoms with Crippen molar-refractivity contribution < 1.29 is 22.7 Å². The van der Waals surface area contributed by atoms with Crippen LogP contribution in [0.5, 0.6) is 11.5 Å². The summed E-state index contributed by atoms with van der Waals surface area (Å²) in [5.41, 5.74) is 1.10. The zero-order valence-electron chi connectivity index (χ0n) is 14.7. The number of anilines is 1. The first kappa shape index (κ1) is 20.8. The first-order valence-corrected chi connectivity index (χ1v) is 10.2. The first-order chi connectivity index (χ1) is 12.9. The molecule has 0 aliphatic heterocycles. The monoisotopic (exact) mass is 408 g/mol. The fraction of sp³-hybridized carbons (Fsp3) is 0.222. The topological polar surface area (TPSA) is 108 Å². The Balaban J connectivity index is 2.60. The zero-order chi connectivity index (χ0) is 19.9. The van der Waals surface area contributed by atoms with Crippen LogP contribution in [0.15, 0.2) is 47.4 Å². The molecule has 7 nitrogen and oxygen atoms in total. The maximum atomic E-state index is 12.1. The summed E-state index contributed by atoms with van der Waals surface area (Å²) >= 11 is 4.51. The van der Waals surface area contributed by atoms with Gasteiger partial charge >= 0.3 is 5.97 Å². The predicted octanol–water partition coefficient (Wildman–Crippen LogP) is 3.45. The van der Waals surface area contributed by atoms with Crippen molar-refractivity contribution in [2.24, 2.45) is 5.14 Å². The Morgan fingerprint density at radius 2 is 1.96 bits per heavy atom. The molecule has 0 aromatic heterocycles. The minimum atomic E-state index is -4.19. The highest BCUT2D eigenvalue weighted by Crippen LogP contribution is 2.37. The van der Waals surface area contributed by atoms with Gasteiger partial charge in [-0.05, 0) is 42.9 Å². The normalized spacial score (nSPS) is 10.9. The van der Waals surface area contributed by atoms with E-state index in [0.29, 0.717) is 18.0 Å². The van der Waals surface area contributed by atoms with Crippen LogP contribution in [-0.4, -0.2) is 26.5 Å². The Hall–Kier alpha value is -2.49. The molecule has 0 atom stereocenters. The summed E-state index contributed by atoms with van der Waals surface area (Å²) < 4.78 is 34.8. The van der Waals surface area contributed by atoms with E-state index in [2.05, 4.69) is 22.3 Å². The van der Waals surface area contributed by atoms with E-state index in [1.807, 2.05) is 6.92 Å². The van der Waals surface area contributed by atoms with Crippen LogP contribution >= 0.6 is 12.2 Å². The van der Waals surface area contributed by atoms with E-state index in [0.717, 1.165) is 24.5 Å². The highest BCUT2D eigenvalue weighted by Gasteiger charge is 2.24. The molecule has 0 aliphatic rings. The van der Waals surface area contributed by atoms with E-state index >= 15 is 0 Å². The van der Waals surface area contributed by atoms with Gasteiger partial charge in [0.15, 0.2) is 11.3 Å². The first-order valence-electron chi connectivity index (χ1n) is 8.19. The molecule has 2 aromatic rings. The van der Waals surface area contributed by atoms with Gasteiger partial charge in [0.2, 0.25) is 10.0 Å². The van der Waals surface area contributed by atoms with Gasteiger partial charge in [0, 0.05) is 6.54 Å². The maximum Gasteiger partial charge on any atom is 0.343 e. The summed E-state index contributed by atoms with van der Waals surface area (Å²) in [5.74, 6) is -0.353. The third-order valence-corrected chi connectivity index (χ3v) is 4.57. The number of carbonyl (C=O) groups is 1. The van der Waals surface area contributed by atoms with Crippen LogP contribution in [0.4, 0.5) is 5.69 Å². The van der Waals surface area contributed by atoms with Crippen molar-refractivity contribution >= 4 is 39.5 Å². The molecule has 0 aliphatic carbocycles. The molecule has 0 saturated heterocycles. The number of rotatable bonds is 9. The number of thiocarbonyl (C=S) groups is 1. The van der Waals surface area contributed by atoms with E-state index in [1.54, 1.807) is 30.3 Å². The Bertz CT molecular complexity index is 915. The second kappa shape index (κ2) is 9.45. The van der Waals surface area contributed by atoms with Crippen LogP contribution in [-0.2, 0) is 14.8 Å². The number of benzene rings is 2. The van der Waals surface area contributed by atoms with Gasteiger partial charge in [0.1, 0.15) is 10.6 Å². The molecular weight excluding hydrogens is 388 g/mol. The fourth-order valence-corrected chi connectivity index (χ4v) is 3.07. The molecule has 0 fully saturated rings. The summed E-state index contributed by atoms with van der Waals surface area (Å²) in [7, 11) is -4.19. The van der Waals surface area contributed by atoms with Gasteiger partial charge in [0.25, 0.3) is 0 Å². The number of hydrogen-bond acceptors (Lipinski definition) is 7. The van der Waals surface area contributed by atoms with Gasteiger partial charge in [-0.2, -0.15) is 0 Å². The van der Waals surface area contributed by atoms with Crippen molar-refractivity contribution in [2.45, 2.75) is 24.7 Å². The van der Waals surface area contributed by atoms with Gasteiger partial charge in [-0.25, -0.2) is 18.4 Å². The smallest absolute Gasteiger partial charge is 0.343 e. The SMILES string of the molecule is CCCCNc1cc(C(=O)OC=S)cc(S(N)(=O)=O)c1Oc1ccccc1. The van der Waals surface area contributed by atoms with Crippen molar-refractivity contribution in [1.29, 1.82) is 0 Å². The number of hydrogen-bond donors (Lipinski definition) is 2. The Morgan fingerprint density at radius 1 is 1.26 bits per heavy atom. The zero-order valence-corrected chi connectivity index (χ0v) is 16.3. The molecule has 0 saturated carbocycles. The highest BCUT2D eigenvalue weighted by molar-refractivity contribution is 7.89. The molecule has 0 heterocycles. The van der Waals surface area contributed by atoms with Gasteiger partial charge in [-0.3, -0.25) is 0 Å². The van der Waals surface area contributed by atoms with Crippen LogP contribution in [0.25, 0.3) is 0 Å². The number of esters is 1. The number of carbonyl (C=O) groups excluding carboxylic acids is 1. The van der Waals surface area contributed by atoms with Gasteiger partial charge in [-0.1, -0.05) is 31.5 Å². The van der Waals surface area contributed by atoms with Crippen molar-refractivity contribution in [3.05, 3.63) is 48.0 Å². The fourth-order valence-electron chi connectivity index (χ4n) is 2.29. The number of para-hydroxylation sites is 1.